The van der Waals surface area contributed by atoms with E-state index in [1.165, 1.54) is 12.1 Å². The van der Waals surface area contributed by atoms with Crippen LogP contribution in [0.25, 0.3) is 0 Å². The van der Waals surface area contributed by atoms with Crippen molar-refractivity contribution in [1.82, 2.24) is 4.57 Å². The number of para-hydroxylation sites is 1. The summed E-state index contributed by atoms with van der Waals surface area (Å²) < 4.78 is 41.6. The predicted molar refractivity (Wildman–Crippen MR) is 159 cm³/mol. The first-order valence-corrected chi connectivity index (χ1v) is 15.1. The van der Waals surface area contributed by atoms with Gasteiger partial charge in [-0.1, -0.05) is 76.7 Å². The summed E-state index contributed by atoms with van der Waals surface area (Å²) in [6, 6.07) is 18.3. The molecule has 3 atom stereocenters. The number of aromatic nitrogens is 1. The number of aryl methyl sites for hydroxylation is 1. The van der Waals surface area contributed by atoms with Crippen LogP contribution in [0.15, 0.2) is 82.6 Å². The van der Waals surface area contributed by atoms with Crippen LogP contribution in [0.5, 0.6) is 0 Å². The molecule has 1 aromatic heterocycles. The standard InChI is InChI=1S/C30H21ClF3N3O4S2/c1-15-6-12-18(13-7-15)37-26(39)23-22(16-8-10-17(31)11-9-16)25-28(42-24(23)27(37)40)36(29(41)43-25)14-21(38)35-20-5-3-2-4-19(20)30(32,33)34/h2-13,22-24H,14H2,1H3,(H,35,38)/t22-,23?,24?/m1/s1. The van der Waals surface area contributed by atoms with Crippen molar-refractivity contribution in [2.75, 3.05) is 10.2 Å². The first-order valence-electron chi connectivity index (χ1n) is 13.0. The number of nitrogens with zero attached hydrogens (tertiary/aromatic N) is 2. The number of rotatable bonds is 5. The van der Waals surface area contributed by atoms with Gasteiger partial charge in [-0.3, -0.25) is 23.7 Å². The number of benzene rings is 3. The number of hydrogen-bond donors (Lipinski definition) is 1. The van der Waals surface area contributed by atoms with Gasteiger partial charge in [0.15, 0.2) is 0 Å². The Kier molecular flexibility index (Phi) is 7.47. The molecule has 3 amide bonds. The van der Waals surface area contributed by atoms with Crippen molar-refractivity contribution in [1.29, 1.82) is 0 Å². The Labute approximate surface area is 256 Å². The van der Waals surface area contributed by atoms with E-state index in [0.717, 1.165) is 50.3 Å². The lowest BCUT2D eigenvalue weighted by Crippen LogP contribution is -2.33. The third kappa shape index (κ3) is 5.28. The number of hydrogen-bond acceptors (Lipinski definition) is 6. The molecule has 2 aliphatic heterocycles. The highest BCUT2D eigenvalue weighted by Gasteiger charge is 2.56. The molecule has 3 aromatic carbocycles. The molecule has 0 aliphatic carbocycles. The number of halogens is 4. The Morgan fingerprint density at radius 1 is 0.953 bits per heavy atom. The fraction of sp³-hybridized carbons (Fsp3) is 0.200. The van der Waals surface area contributed by atoms with Gasteiger partial charge < -0.3 is 5.32 Å². The topological polar surface area (TPSA) is 88.5 Å². The second-order valence-corrected chi connectivity index (χ2v) is 12.7. The summed E-state index contributed by atoms with van der Waals surface area (Å²) in [5, 5.41) is 2.14. The van der Waals surface area contributed by atoms with Crippen LogP contribution in [-0.2, 0) is 27.1 Å². The van der Waals surface area contributed by atoms with Crippen LogP contribution in [0.2, 0.25) is 5.02 Å². The maximum atomic E-state index is 13.9. The van der Waals surface area contributed by atoms with E-state index in [9.17, 15) is 32.3 Å². The summed E-state index contributed by atoms with van der Waals surface area (Å²) in [5.41, 5.74) is 0.582. The Morgan fingerprint density at radius 3 is 2.30 bits per heavy atom. The molecule has 4 aromatic rings. The van der Waals surface area contributed by atoms with Gasteiger partial charge in [-0.05, 0) is 48.9 Å². The van der Waals surface area contributed by atoms with E-state index in [1.54, 1.807) is 48.5 Å². The van der Waals surface area contributed by atoms with Crippen LogP contribution < -0.4 is 15.1 Å². The number of anilines is 2. The molecular formula is C30H21ClF3N3O4S2. The Balaban J connectivity index is 1.39. The predicted octanol–water partition coefficient (Wildman–Crippen LogP) is 6.32. The minimum Gasteiger partial charge on any atom is -0.324 e. The molecular weight excluding hydrogens is 623 g/mol. The molecule has 13 heteroatoms. The number of thioether (sulfide) groups is 1. The van der Waals surface area contributed by atoms with Gasteiger partial charge in [0, 0.05) is 15.8 Å². The molecule has 1 fully saturated rings. The molecule has 3 heterocycles. The lowest BCUT2D eigenvalue weighted by atomic mass is 9.83. The lowest BCUT2D eigenvalue weighted by molar-refractivity contribution is -0.137. The summed E-state index contributed by atoms with van der Waals surface area (Å²) >= 11 is 7.99. The number of carbonyl (C=O) groups excluding carboxylic acids is 3. The molecule has 0 spiro atoms. The minimum absolute atomic E-state index is 0.322. The highest BCUT2D eigenvalue weighted by molar-refractivity contribution is 8.00. The zero-order valence-electron chi connectivity index (χ0n) is 22.2. The SMILES string of the molecule is Cc1ccc(N2C(=O)C3Sc4c(sc(=O)n4CC(=O)Nc4ccccc4C(F)(F)F)[C@H](c4ccc(Cl)cc4)C3C2=O)cc1. The van der Waals surface area contributed by atoms with E-state index in [1.807, 2.05) is 6.92 Å². The van der Waals surface area contributed by atoms with E-state index in [2.05, 4.69) is 5.32 Å². The molecule has 220 valence electrons. The summed E-state index contributed by atoms with van der Waals surface area (Å²) in [6.45, 7) is 1.30. The van der Waals surface area contributed by atoms with Crippen molar-refractivity contribution in [2.45, 2.75) is 35.8 Å². The van der Waals surface area contributed by atoms with E-state index >= 15 is 0 Å². The smallest absolute Gasteiger partial charge is 0.324 e. The van der Waals surface area contributed by atoms with Crippen LogP contribution in [0.1, 0.15) is 27.5 Å². The highest BCUT2D eigenvalue weighted by atomic mass is 35.5. The average Bonchev–Trinajstić information content (AvgIpc) is 3.40. The van der Waals surface area contributed by atoms with E-state index in [0.29, 0.717) is 26.2 Å². The van der Waals surface area contributed by atoms with E-state index in [4.69, 9.17) is 11.6 Å². The molecule has 0 radical (unpaired) electrons. The summed E-state index contributed by atoms with van der Waals surface area (Å²) in [4.78, 5) is 55.1. The quantitative estimate of drug-likeness (QED) is 0.257. The zero-order valence-corrected chi connectivity index (χ0v) is 24.6. The fourth-order valence-electron chi connectivity index (χ4n) is 5.41. The van der Waals surface area contributed by atoms with Crippen molar-refractivity contribution >= 4 is 63.8 Å². The summed E-state index contributed by atoms with van der Waals surface area (Å²) in [5.74, 6) is -3.25. The van der Waals surface area contributed by atoms with Crippen molar-refractivity contribution in [3.05, 3.63) is 109 Å². The second-order valence-electron chi connectivity index (χ2n) is 10.2. The number of fused-ring (bicyclic) bond motifs is 2. The summed E-state index contributed by atoms with van der Waals surface area (Å²) in [7, 11) is 0. The van der Waals surface area contributed by atoms with E-state index in [-0.39, 0.29) is 0 Å². The third-order valence-corrected chi connectivity index (χ3v) is 10.2. The van der Waals surface area contributed by atoms with Gasteiger partial charge in [-0.25, -0.2) is 4.90 Å². The molecule has 1 N–H and O–H groups in total. The molecule has 2 unspecified atom stereocenters. The molecule has 7 nitrogen and oxygen atoms in total. The van der Waals surface area contributed by atoms with Crippen molar-refractivity contribution in [3.8, 4) is 0 Å². The Morgan fingerprint density at radius 2 is 1.63 bits per heavy atom. The second kappa shape index (κ2) is 11.0. The van der Waals surface area contributed by atoms with Gasteiger partial charge >= 0.3 is 11.0 Å². The maximum Gasteiger partial charge on any atom is 0.418 e. The molecule has 1 saturated heterocycles. The highest BCUT2D eigenvalue weighted by Crippen LogP contribution is 2.54. The molecule has 0 saturated carbocycles. The van der Waals surface area contributed by atoms with Crippen molar-refractivity contribution in [3.63, 3.8) is 0 Å². The van der Waals surface area contributed by atoms with Gasteiger partial charge in [-0.2, -0.15) is 13.2 Å². The molecule has 2 aliphatic rings. The minimum atomic E-state index is -4.70. The van der Waals surface area contributed by atoms with Crippen LogP contribution in [0.4, 0.5) is 24.5 Å². The fourth-order valence-corrected chi connectivity index (χ4v) is 8.30. The Hall–Kier alpha value is -3.87. The van der Waals surface area contributed by atoms with Gasteiger partial charge in [0.25, 0.3) is 0 Å². The van der Waals surface area contributed by atoms with E-state index < -0.39 is 63.7 Å². The third-order valence-electron chi connectivity index (χ3n) is 7.38. The number of carbonyl (C=O) groups is 3. The van der Waals surface area contributed by atoms with Crippen LogP contribution in [0, 0.1) is 12.8 Å². The molecule has 43 heavy (non-hydrogen) atoms. The number of thiazole rings is 1. The molecule has 6 rings (SSSR count). The van der Waals surface area contributed by atoms with Crippen LogP contribution >= 0.6 is 34.7 Å². The van der Waals surface area contributed by atoms with Gasteiger partial charge in [0.1, 0.15) is 11.8 Å². The number of alkyl halides is 3. The average molecular weight is 644 g/mol. The van der Waals surface area contributed by atoms with Crippen LogP contribution in [-0.4, -0.2) is 27.5 Å². The van der Waals surface area contributed by atoms with Gasteiger partial charge in [-0.15, -0.1) is 0 Å². The summed E-state index contributed by atoms with van der Waals surface area (Å²) in [6.07, 6.45) is -4.70. The lowest BCUT2D eigenvalue weighted by Gasteiger charge is -2.30. The first kappa shape index (κ1) is 29.2. The number of nitrogens with one attached hydrogen (secondary N) is 1. The first-order chi connectivity index (χ1) is 20.4. The zero-order chi connectivity index (χ0) is 30.6. The number of imide groups is 1. The van der Waals surface area contributed by atoms with Crippen molar-refractivity contribution in [2.24, 2.45) is 5.92 Å². The van der Waals surface area contributed by atoms with Crippen molar-refractivity contribution < 1.29 is 27.6 Å². The molecule has 0 bridgehead atoms. The monoisotopic (exact) mass is 643 g/mol. The Bertz CT molecular complexity index is 1820. The van der Waals surface area contributed by atoms with Crippen LogP contribution in [0.3, 0.4) is 0 Å². The van der Waals surface area contributed by atoms with Gasteiger partial charge in [0.2, 0.25) is 17.7 Å². The normalized spacial score (nSPS) is 19.7. The number of amides is 3. The largest absolute Gasteiger partial charge is 0.418 e. The van der Waals surface area contributed by atoms with Gasteiger partial charge in [0.05, 0.1) is 27.9 Å². The maximum absolute atomic E-state index is 13.9.